The van der Waals surface area contributed by atoms with Gasteiger partial charge in [-0.1, -0.05) is 23.7 Å². The van der Waals surface area contributed by atoms with Gasteiger partial charge in [0.2, 0.25) is 5.78 Å². The molecule has 2 aromatic carbocycles. The topological polar surface area (TPSA) is 57.0 Å². The summed E-state index contributed by atoms with van der Waals surface area (Å²) >= 11 is 7.27. The molecule has 33 heavy (non-hydrogen) atoms. The van der Waals surface area contributed by atoms with Crippen LogP contribution in [0.2, 0.25) is 5.02 Å². The smallest absolute Gasteiger partial charge is 0.207 e. The predicted octanol–water partition coefficient (Wildman–Crippen LogP) is 6.41. The summed E-state index contributed by atoms with van der Waals surface area (Å²) in [7, 11) is 1.63. The van der Waals surface area contributed by atoms with E-state index in [1.165, 1.54) is 11.5 Å². The van der Waals surface area contributed by atoms with Crippen molar-refractivity contribution in [3.63, 3.8) is 0 Å². The lowest BCUT2D eigenvalue weighted by atomic mass is 10.0. The predicted molar refractivity (Wildman–Crippen MR) is 133 cm³/mol. The summed E-state index contributed by atoms with van der Waals surface area (Å²) in [5.41, 5.74) is 5.27. The number of fused-ring (bicyclic) bond motifs is 1. The maximum Gasteiger partial charge on any atom is 0.207 e. The van der Waals surface area contributed by atoms with Crippen LogP contribution in [0.1, 0.15) is 26.5 Å². The second-order valence-corrected chi connectivity index (χ2v) is 8.94. The van der Waals surface area contributed by atoms with Crippen molar-refractivity contribution in [1.29, 1.82) is 0 Å². The maximum absolute atomic E-state index is 13.7. The van der Waals surface area contributed by atoms with Crippen LogP contribution in [0.5, 0.6) is 5.75 Å². The lowest BCUT2D eigenvalue weighted by molar-refractivity contribution is 0.104. The fourth-order valence-electron chi connectivity index (χ4n) is 4.01. The largest absolute Gasteiger partial charge is 0.497 e. The molecule has 0 aliphatic carbocycles. The van der Waals surface area contributed by atoms with Crippen LogP contribution in [-0.4, -0.2) is 26.8 Å². The zero-order valence-electron chi connectivity index (χ0n) is 18.1. The van der Waals surface area contributed by atoms with E-state index in [0.29, 0.717) is 27.8 Å². The average Bonchev–Trinajstić information content (AvgIpc) is 3.44. The molecule has 0 aliphatic heterocycles. The molecular weight excluding hydrogens is 454 g/mol. The van der Waals surface area contributed by atoms with Crippen LogP contribution in [0, 0.1) is 6.92 Å². The summed E-state index contributed by atoms with van der Waals surface area (Å²) in [6, 6.07) is 19.2. The standard InChI is InChI=1S/C26H20ClN3O2S/c1-16-25(26(31)24-13-22(29-33-24)18-4-3-11-28-14-18)21-12-20(32-2)9-10-23(21)30(16)15-17-5-7-19(27)8-6-17/h3-14H,15H2,1-2H3. The monoisotopic (exact) mass is 473 g/mol. The molecule has 0 amide bonds. The molecule has 0 saturated heterocycles. The highest BCUT2D eigenvalue weighted by molar-refractivity contribution is 7.08. The number of nitrogens with zero attached hydrogens (tertiary/aromatic N) is 3. The molecule has 0 atom stereocenters. The Kier molecular flexibility index (Phi) is 5.70. The number of hydrogen-bond acceptors (Lipinski definition) is 5. The molecule has 3 aromatic heterocycles. The van der Waals surface area contributed by atoms with Crippen molar-refractivity contribution in [3.8, 4) is 17.0 Å². The molecule has 0 bridgehead atoms. The number of carbonyl (C=O) groups excluding carboxylic acids is 1. The van der Waals surface area contributed by atoms with Gasteiger partial charge in [-0.05, 0) is 72.6 Å². The van der Waals surface area contributed by atoms with E-state index in [-0.39, 0.29) is 5.78 Å². The van der Waals surface area contributed by atoms with Crippen molar-refractivity contribution in [2.75, 3.05) is 7.11 Å². The molecule has 0 fully saturated rings. The average molecular weight is 474 g/mol. The van der Waals surface area contributed by atoms with Crippen LogP contribution < -0.4 is 4.74 Å². The Morgan fingerprint density at radius 2 is 1.94 bits per heavy atom. The van der Waals surface area contributed by atoms with Crippen LogP contribution >= 0.6 is 23.1 Å². The molecule has 5 nitrogen and oxygen atoms in total. The van der Waals surface area contributed by atoms with Gasteiger partial charge in [-0.3, -0.25) is 9.78 Å². The van der Waals surface area contributed by atoms with Crippen molar-refractivity contribution in [3.05, 3.63) is 99.8 Å². The van der Waals surface area contributed by atoms with Gasteiger partial charge in [0.1, 0.15) is 5.75 Å². The molecule has 5 aromatic rings. The van der Waals surface area contributed by atoms with Crippen molar-refractivity contribution >= 4 is 39.8 Å². The number of methoxy groups -OCH3 is 1. The molecule has 3 heterocycles. The summed E-state index contributed by atoms with van der Waals surface area (Å²) < 4.78 is 12.1. The highest BCUT2D eigenvalue weighted by atomic mass is 35.5. The van der Waals surface area contributed by atoms with Gasteiger partial charge in [0.25, 0.3) is 0 Å². The van der Waals surface area contributed by atoms with E-state index < -0.39 is 0 Å². The molecule has 0 radical (unpaired) electrons. The first-order valence-electron chi connectivity index (χ1n) is 10.4. The molecular formula is C26H20ClN3O2S. The van der Waals surface area contributed by atoms with Crippen LogP contribution in [0.15, 0.2) is 73.1 Å². The third kappa shape index (κ3) is 4.03. The van der Waals surface area contributed by atoms with Crippen LogP contribution in [0.4, 0.5) is 0 Å². The zero-order chi connectivity index (χ0) is 22.9. The van der Waals surface area contributed by atoms with E-state index in [1.807, 2.05) is 67.6 Å². The molecule has 0 saturated carbocycles. The molecule has 5 rings (SSSR count). The van der Waals surface area contributed by atoms with Gasteiger partial charge in [-0.15, -0.1) is 0 Å². The highest BCUT2D eigenvalue weighted by Crippen LogP contribution is 2.33. The Bertz CT molecular complexity index is 1460. The van der Waals surface area contributed by atoms with Gasteiger partial charge in [0.15, 0.2) is 0 Å². The van der Waals surface area contributed by atoms with Crippen molar-refractivity contribution < 1.29 is 9.53 Å². The molecule has 164 valence electrons. The number of halogens is 1. The Morgan fingerprint density at radius 3 is 2.67 bits per heavy atom. The first kappa shape index (κ1) is 21.4. The molecule has 7 heteroatoms. The van der Waals surface area contributed by atoms with E-state index in [9.17, 15) is 4.79 Å². The van der Waals surface area contributed by atoms with E-state index in [2.05, 4.69) is 13.9 Å². The maximum atomic E-state index is 13.7. The summed E-state index contributed by atoms with van der Waals surface area (Å²) in [5, 5.41) is 1.56. The number of carbonyl (C=O) groups is 1. The Labute approximate surface area is 200 Å². The van der Waals surface area contributed by atoms with Gasteiger partial charge < -0.3 is 9.30 Å². The lowest BCUT2D eigenvalue weighted by Gasteiger charge is -2.09. The van der Waals surface area contributed by atoms with Crippen LogP contribution in [0.25, 0.3) is 22.2 Å². The van der Waals surface area contributed by atoms with E-state index in [0.717, 1.165) is 33.4 Å². The van der Waals surface area contributed by atoms with Crippen molar-refractivity contribution in [2.24, 2.45) is 0 Å². The van der Waals surface area contributed by atoms with Crippen LogP contribution in [-0.2, 0) is 6.54 Å². The Hall–Kier alpha value is -3.48. The summed E-state index contributed by atoms with van der Waals surface area (Å²) in [6.45, 7) is 2.61. The number of ketones is 1. The van der Waals surface area contributed by atoms with E-state index >= 15 is 0 Å². The zero-order valence-corrected chi connectivity index (χ0v) is 19.7. The van der Waals surface area contributed by atoms with E-state index in [1.54, 1.807) is 19.5 Å². The molecule has 0 aliphatic rings. The lowest BCUT2D eigenvalue weighted by Crippen LogP contribution is -2.05. The number of rotatable bonds is 6. The summed E-state index contributed by atoms with van der Waals surface area (Å²) in [6.07, 6.45) is 3.46. The third-order valence-electron chi connectivity index (χ3n) is 5.70. The normalized spacial score (nSPS) is 11.1. The number of pyridine rings is 1. The molecule has 0 N–H and O–H groups in total. The van der Waals surface area contributed by atoms with Gasteiger partial charge in [0, 0.05) is 46.1 Å². The minimum absolute atomic E-state index is 0.0479. The minimum atomic E-state index is -0.0479. The first-order valence-corrected chi connectivity index (χ1v) is 11.5. The second-order valence-electron chi connectivity index (χ2n) is 7.70. The van der Waals surface area contributed by atoms with Gasteiger partial charge in [0.05, 0.1) is 23.2 Å². The SMILES string of the molecule is COc1ccc2c(c1)c(C(=O)c1cc(-c3cccnc3)ns1)c(C)n2Cc1ccc(Cl)cc1. The Morgan fingerprint density at radius 1 is 1.12 bits per heavy atom. The van der Waals surface area contributed by atoms with Crippen molar-refractivity contribution in [1.82, 2.24) is 13.9 Å². The Balaban J connectivity index is 1.61. The van der Waals surface area contributed by atoms with Crippen LogP contribution in [0.3, 0.4) is 0 Å². The summed E-state index contributed by atoms with van der Waals surface area (Å²) in [4.78, 5) is 18.5. The quantitative estimate of drug-likeness (QED) is 0.267. The van der Waals surface area contributed by atoms with Gasteiger partial charge >= 0.3 is 0 Å². The fourth-order valence-corrected chi connectivity index (χ4v) is 4.84. The minimum Gasteiger partial charge on any atom is -0.497 e. The fraction of sp³-hybridized carbons (Fsp3) is 0.115. The summed E-state index contributed by atoms with van der Waals surface area (Å²) in [5.74, 6) is 0.661. The van der Waals surface area contributed by atoms with Gasteiger partial charge in [-0.25, -0.2) is 0 Å². The highest BCUT2D eigenvalue weighted by Gasteiger charge is 2.24. The van der Waals surface area contributed by atoms with Gasteiger partial charge in [-0.2, -0.15) is 4.37 Å². The molecule has 0 spiro atoms. The van der Waals surface area contributed by atoms with E-state index in [4.69, 9.17) is 16.3 Å². The number of aromatic nitrogens is 3. The number of ether oxygens (including phenoxy) is 1. The first-order chi connectivity index (χ1) is 16.0. The number of benzene rings is 2. The number of hydrogen-bond donors (Lipinski definition) is 0. The van der Waals surface area contributed by atoms with Crippen molar-refractivity contribution in [2.45, 2.75) is 13.5 Å². The second kappa shape index (κ2) is 8.81. The third-order valence-corrected chi connectivity index (χ3v) is 6.74. The molecule has 0 unspecified atom stereocenters.